The lowest BCUT2D eigenvalue weighted by molar-refractivity contribution is 0.309. The second-order valence-electron chi connectivity index (χ2n) is 3.38. The van der Waals surface area contributed by atoms with Gasteiger partial charge < -0.3 is 15.7 Å². The molecule has 94 valence electrons. The Bertz CT molecular complexity index is 571. The van der Waals surface area contributed by atoms with Crippen molar-refractivity contribution in [3.8, 4) is 5.75 Å². The van der Waals surface area contributed by atoms with Crippen LogP contribution in [0.1, 0.15) is 10.4 Å². The van der Waals surface area contributed by atoms with E-state index in [2.05, 4.69) is 10.1 Å². The summed E-state index contributed by atoms with van der Waals surface area (Å²) in [4.78, 5) is 4.84. The summed E-state index contributed by atoms with van der Waals surface area (Å²) in [5.41, 5.74) is 6.09. The summed E-state index contributed by atoms with van der Waals surface area (Å²) < 4.78 is 6.05. The van der Waals surface area contributed by atoms with Crippen LogP contribution in [0.3, 0.4) is 0 Å². The van der Waals surface area contributed by atoms with Crippen LogP contribution in [0.15, 0.2) is 35.6 Å². The predicted octanol–water partition coefficient (Wildman–Crippen LogP) is 2.47. The maximum atomic E-state index is 8.59. The predicted molar refractivity (Wildman–Crippen MR) is 70.4 cm³/mol. The monoisotopic (exact) mass is 283 g/mol. The maximum absolute atomic E-state index is 8.59. The summed E-state index contributed by atoms with van der Waals surface area (Å²) in [6, 6.07) is 6.97. The third-order valence-electron chi connectivity index (χ3n) is 2.14. The molecule has 1 heterocycles. The van der Waals surface area contributed by atoms with E-state index in [9.17, 15) is 0 Å². The van der Waals surface area contributed by atoms with Crippen LogP contribution < -0.4 is 10.5 Å². The Morgan fingerprint density at radius 1 is 1.56 bits per heavy atom. The molecule has 0 radical (unpaired) electrons. The Hall–Kier alpha value is -1.79. The molecule has 0 atom stereocenters. The van der Waals surface area contributed by atoms with Crippen LogP contribution in [0.2, 0.25) is 4.47 Å². The summed E-state index contributed by atoms with van der Waals surface area (Å²) in [5, 5.41) is 11.5. The van der Waals surface area contributed by atoms with Crippen molar-refractivity contribution in [1.82, 2.24) is 4.98 Å². The lowest BCUT2D eigenvalue weighted by atomic mass is 10.2. The molecule has 2 aromatic rings. The van der Waals surface area contributed by atoms with Crippen molar-refractivity contribution < 1.29 is 9.94 Å². The highest BCUT2D eigenvalue weighted by atomic mass is 35.5. The minimum Gasteiger partial charge on any atom is -0.488 e. The number of rotatable bonds is 4. The summed E-state index contributed by atoms with van der Waals surface area (Å²) in [7, 11) is 0. The quantitative estimate of drug-likeness (QED) is 0.391. The zero-order chi connectivity index (χ0) is 13.0. The number of ether oxygens (including phenoxy) is 1. The number of nitrogens with two attached hydrogens (primary N) is 1. The zero-order valence-electron chi connectivity index (χ0n) is 9.21. The number of thiazole rings is 1. The molecule has 0 saturated carbocycles. The van der Waals surface area contributed by atoms with Crippen LogP contribution in [0.5, 0.6) is 5.75 Å². The average molecular weight is 284 g/mol. The molecule has 0 aliphatic rings. The van der Waals surface area contributed by atoms with E-state index in [-0.39, 0.29) is 5.84 Å². The van der Waals surface area contributed by atoms with Crippen molar-refractivity contribution >= 4 is 28.8 Å². The van der Waals surface area contributed by atoms with Crippen molar-refractivity contribution in [2.45, 2.75) is 6.61 Å². The SMILES string of the molecule is N/C(=N/O)c1cccc(OCc2cnc(Cl)s2)c1. The third kappa shape index (κ3) is 3.12. The molecule has 0 aliphatic carbocycles. The Morgan fingerprint density at radius 2 is 2.39 bits per heavy atom. The number of hydrogen-bond donors (Lipinski definition) is 2. The first-order valence-corrected chi connectivity index (χ1v) is 6.19. The standard InChI is InChI=1S/C11H10ClN3O2S/c12-11-14-5-9(18-11)6-17-8-3-1-2-7(4-8)10(13)15-16/h1-5,16H,6H2,(H2,13,15). The molecule has 3 N–H and O–H groups in total. The molecule has 0 bridgehead atoms. The fourth-order valence-corrected chi connectivity index (χ4v) is 2.20. The first-order chi connectivity index (χ1) is 8.69. The van der Waals surface area contributed by atoms with Gasteiger partial charge in [0, 0.05) is 11.8 Å². The van der Waals surface area contributed by atoms with E-state index >= 15 is 0 Å². The van der Waals surface area contributed by atoms with E-state index in [1.54, 1.807) is 30.5 Å². The van der Waals surface area contributed by atoms with Crippen molar-refractivity contribution in [3.63, 3.8) is 0 Å². The van der Waals surface area contributed by atoms with Crippen LogP contribution in [-0.4, -0.2) is 16.0 Å². The second-order valence-corrected chi connectivity index (χ2v) is 5.08. The van der Waals surface area contributed by atoms with Crippen LogP contribution >= 0.6 is 22.9 Å². The van der Waals surface area contributed by atoms with E-state index < -0.39 is 0 Å². The second kappa shape index (κ2) is 5.70. The van der Waals surface area contributed by atoms with E-state index in [1.807, 2.05) is 0 Å². The van der Waals surface area contributed by atoms with E-state index in [1.165, 1.54) is 11.3 Å². The smallest absolute Gasteiger partial charge is 0.183 e. The topological polar surface area (TPSA) is 80.7 Å². The molecular formula is C11H10ClN3O2S. The molecule has 0 spiro atoms. The average Bonchev–Trinajstić information content (AvgIpc) is 2.81. The molecule has 0 fully saturated rings. The van der Waals surface area contributed by atoms with Gasteiger partial charge in [0.05, 0.1) is 4.88 Å². The molecule has 7 heteroatoms. The number of oxime groups is 1. The van der Waals surface area contributed by atoms with Gasteiger partial charge in [-0.2, -0.15) is 0 Å². The van der Waals surface area contributed by atoms with Gasteiger partial charge in [0.25, 0.3) is 0 Å². The van der Waals surface area contributed by atoms with Gasteiger partial charge in [-0.3, -0.25) is 0 Å². The van der Waals surface area contributed by atoms with E-state index in [4.69, 9.17) is 27.3 Å². The number of halogens is 1. The van der Waals surface area contributed by atoms with Crippen LogP contribution in [0.4, 0.5) is 0 Å². The minimum absolute atomic E-state index is 0.0429. The van der Waals surface area contributed by atoms with E-state index in [0.29, 0.717) is 22.4 Å². The number of nitrogens with zero attached hydrogens (tertiary/aromatic N) is 2. The van der Waals surface area contributed by atoms with Crippen molar-refractivity contribution in [1.29, 1.82) is 0 Å². The molecule has 1 aromatic carbocycles. The Labute approximate surface area is 112 Å². The summed E-state index contributed by atoms with van der Waals surface area (Å²) in [5.74, 6) is 0.671. The number of amidine groups is 1. The van der Waals surface area contributed by atoms with Gasteiger partial charge >= 0.3 is 0 Å². The number of hydrogen-bond acceptors (Lipinski definition) is 5. The highest BCUT2D eigenvalue weighted by Crippen LogP contribution is 2.20. The number of benzene rings is 1. The summed E-state index contributed by atoms with van der Waals surface area (Å²) >= 11 is 7.08. The van der Waals surface area contributed by atoms with Crippen LogP contribution in [0.25, 0.3) is 0 Å². The normalized spacial score (nSPS) is 11.5. The van der Waals surface area contributed by atoms with Crippen molar-refractivity contribution in [3.05, 3.63) is 45.4 Å². The maximum Gasteiger partial charge on any atom is 0.183 e. The number of aromatic nitrogens is 1. The molecule has 2 rings (SSSR count). The Balaban J connectivity index is 2.05. The summed E-state index contributed by atoms with van der Waals surface area (Å²) in [6.45, 7) is 0.379. The molecule has 1 aromatic heterocycles. The van der Waals surface area contributed by atoms with Crippen LogP contribution in [-0.2, 0) is 6.61 Å². The molecule has 18 heavy (non-hydrogen) atoms. The van der Waals surface area contributed by atoms with Crippen molar-refractivity contribution in [2.24, 2.45) is 10.9 Å². The first kappa shape index (κ1) is 12.7. The fraction of sp³-hybridized carbons (Fsp3) is 0.0909. The van der Waals surface area contributed by atoms with E-state index in [0.717, 1.165) is 4.88 Å². The first-order valence-electron chi connectivity index (χ1n) is 5.00. The Morgan fingerprint density at radius 3 is 3.06 bits per heavy atom. The lowest BCUT2D eigenvalue weighted by Crippen LogP contribution is -2.12. The van der Waals surface area contributed by atoms with Gasteiger partial charge in [0.2, 0.25) is 0 Å². The molecular weight excluding hydrogens is 274 g/mol. The zero-order valence-corrected chi connectivity index (χ0v) is 10.8. The van der Waals surface area contributed by atoms with Gasteiger partial charge in [-0.25, -0.2) is 4.98 Å². The molecule has 0 amide bonds. The van der Waals surface area contributed by atoms with Gasteiger partial charge in [0.15, 0.2) is 10.3 Å². The lowest BCUT2D eigenvalue weighted by Gasteiger charge is -2.05. The molecule has 0 aliphatic heterocycles. The molecule has 0 saturated heterocycles. The highest BCUT2D eigenvalue weighted by molar-refractivity contribution is 7.15. The van der Waals surface area contributed by atoms with Gasteiger partial charge in [-0.1, -0.05) is 28.9 Å². The third-order valence-corrected chi connectivity index (χ3v) is 3.23. The fourth-order valence-electron chi connectivity index (χ4n) is 1.31. The minimum atomic E-state index is 0.0429. The highest BCUT2D eigenvalue weighted by Gasteiger charge is 2.03. The largest absolute Gasteiger partial charge is 0.488 e. The Kier molecular flexibility index (Phi) is 4.01. The molecule has 0 unspecified atom stereocenters. The van der Waals surface area contributed by atoms with Gasteiger partial charge in [0.1, 0.15) is 12.4 Å². The van der Waals surface area contributed by atoms with Crippen molar-refractivity contribution in [2.75, 3.05) is 0 Å². The molecule has 5 nitrogen and oxygen atoms in total. The summed E-state index contributed by atoms with van der Waals surface area (Å²) in [6.07, 6.45) is 1.67. The van der Waals surface area contributed by atoms with Crippen LogP contribution in [0, 0.1) is 0 Å². The van der Waals surface area contributed by atoms with Gasteiger partial charge in [-0.15, -0.1) is 11.3 Å². The van der Waals surface area contributed by atoms with Gasteiger partial charge in [-0.05, 0) is 12.1 Å².